The number of furan rings is 1. The highest BCUT2D eigenvalue weighted by Gasteiger charge is 2.21. The van der Waals surface area contributed by atoms with Gasteiger partial charge < -0.3 is 14.2 Å². The summed E-state index contributed by atoms with van der Waals surface area (Å²) < 4.78 is 5.74. The summed E-state index contributed by atoms with van der Waals surface area (Å²) in [5.41, 5.74) is 1.81. The molecule has 0 N–H and O–H groups in total. The van der Waals surface area contributed by atoms with Crippen LogP contribution in [0.15, 0.2) is 46.9 Å². The highest BCUT2D eigenvalue weighted by Crippen LogP contribution is 2.21. The Morgan fingerprint density at radius 2 is 1.86 bits per heavy atom. The van der Waals surface area contributed by atoms with Crippen LogP contribution in [0.3, 0.4) is 0 Å². The normalized spacial score (nSPS) is 15.0. The van der Waals surface area contributed by atoms with Gasteiger partial charge in [-0.1, -0.05) is 32.0 Å². The second-order valence-electron chi connectivity index (χ2n) is 7.71. The zero-order chi connectivity index (χ0) is 20.4. The molecular weight excluding hydrogens is 364 g/mol. The summed E-state index contributed by atoms with van der Waals surface area (Å²) in [6.45, 7) is 9.07. The Morgan fingerprint density at radius 1 is 1.10 bits per heavy atom. The molecule has 0 bridgehead atoms. The number of amides is 1. The van der Waals surface area contributed by atoms with Crippen LogP contribution in [0, 0.1) is 6.92 Å². The number of aryl methyl sites for hydroxylation is 1. The van der Waals surface area contributed by atoms with Crippen LogP contribution in [0.1, 0.15) is 37.0 Å². The van der Waals surface area contributed by atoms with Crippen LogP contribution in [0.4, 0.5) is 5.82 Å². The van der Waals surface area contributed by atoms with E-state index < -0.39 is 0 Å². The zero-order valence-corrected chi connectivity index (χ0v) is 17.1. The third kappa shape index (κ3) is 4.31. The average molecular weight is 390 g/mol. The lowest BCUT2D eigenvalue weighted by molar-refractivity contribution is -0.126. The van der Waals surface area contributed by atoms with E-state index >= 15 is 0 Å². The van der Waals surface area contributed by atoms with Crippen LogP contribution in [-0.2, 0) is 4.79 Å². The molecule has 1 aliphatic heterocycles. The fourth-order valence-corrected chi connectivity index (χ4v) is 3.49. The number of para-hydroxylation sites is 1. The molecule has 2 aromatic heterocycles. The first-order valence-corrected chi connectivity index (χ1v) is 10.1. The summed E-state index contributed by atoms with van der Waals surface area (Å²) in [7, 11) is 0. The van der Waals surface area contributed by atoms with E-state index in [-0.39, 0.29) is 5.91 Å². The number of piperazine rings is 1. The van der Waals surface area contributed by atoms with Crippen molar-refractivity contribution >= 4 is 28.8 Å². The van der Waals surface area contributed by atoms with Crippen molar-refractivity contribution in [2.45, 2.75) is 26.7 Å². The molecule has 6 heteroatoms. The number of rotatable bonds is 4. The van der Waals surface area contributed by atoms with Crippen LogP contribution in [-0.4, -0.2) is 47.0 Å². The molecule has 150 valence electrons. The molecule has 0 unspecified atom stereocenters. The lowest BCUT2D eigenvalue weighted by Gasteiger charge is -2.35. The third-order valence-corrected chi connectivity index (χ3v) is 5.12. The molecule has 4 rings (SSSR count). The van der Waals surface area contributed by atoms with E-state index in [1.54, 1.807) is 12.2 Å². The number of carbonyl (C=O) groups is 1. The molecule has 1 aromatic carbocycles. The van der Waals surface area contributed by atoms with Gasteiger partial charge in [0.05, 0.1) is 0 Å². The number of benzene rings is 1. The largest absolute Gasteiger partial charge is 0.457 e. The van der Waals surface area contributed by atoms with Gasteiger partial charge in [0.15, 0.2) is 0 Å². The molecule has 0 radical (unpaired) electrons. The van der Waals surface area contributed by atoms with E-state index in [0.717, 1.165) is 41.4 Å². The fraction of sp³-hybridized carbons (Fsp3) is 0.348. The van der Waals surface area contributed by atoms with E-state index in [1.807, 2.05) is 48.2 Å². The Morgan fingerprint density at radius 3 is 2.59 bits per heavy atom. The quantitative estimate of drug-likeness (QED) is 0.630. The van der Waals surface area contributed by atoms with Gasteiger partial charge in [-0.25, -0.2) is 9.97 Å². The molecule has 6 nitrogen and oxygen atoms in total. The first kappa shape index (κ1) is 19.2. The van der Waals surface area contributed by atoms with Gasteiger partial charge in [-0.2, -0.15) is 0 Å². The third-order valence-electron chi connectivity index (χ3n) is 5.12. The number of hydrogen-bond acceptors (Lipinski definition) is 5. The van der Waals surface area contributed by atoms with Gasteiger partial charge in [-0.15, -0.1) is 0 Å². The van der Waals surface area contributed by atoms with Gasteiger partial charge in [0.2, 0.25) is 5.91 Å². The Labute approximate surface area is 170 Å². The Bertz CT molecular complexity index is 1010. The minimum atomic E-state index is 0.00634. The Hall–Kier alpha value is -3.15. The molecule has 0 atom stereocenters. The molecule has 0 spiro atoms. The van der Waals surface area contributed by atoms with Crippen molar-refractivity contribution in [1.29, 1.82) is 0 Å². The van der Waals surface area contributed by atoms with E-state index in [4.69, 9.17) is 9.40 Å². The van der Waals surface area contributed by atoms with Crippen LogP contribution < -0.4 is 4.90 Å². The lowest BCUT2D eigenvalue weighted by atomic mass is 10.2. The highest BCUT2D eigenvalue weighted by atomic mass is 16.3. The minimum absolute atomic E-state index is 0.00634. The van der Waals surface area contributed by atoms with Crippen LogP contribution >= 0.6 is 0 Å². The minimum Gasteiger partial charge on any atom is -0.457 e. The number of nitrogens with zero attached hydrogens (tertiary/aromatic N) is 4. The maximum atomic E-state index is 12.6. The van der Waals surface area contributed by atoms with Gasteiger partial charge in [0.1, 0.15) is 23.0 Å². The van der Waals surface area contributed by atoms with Crippen molar-refractivity contribution in [2.24, 2.45) is 0 Å². The van der Waals surface area contributed by atoms with Gasteiger partial charge in [-0.3, -0.25) is 4.79 Å². The van der Waals surface area contributed by atoms with Crippen LogP contribution in [0.5, 0.6) is 0 Å². The second-order valence-corrected chi connectivity index (χ2v) is 7.71. The van der Waals surface area contributed by atoms with Crippen molar-refractivity contribution in [1.82, 2.24) is 14.9 Å². The predicted octanol–water partition coefficient (Wildman–Crippen LogP) is 4.02. The summed E-state index contributed by atoms with van der Waals surface area (Å²) in [4.78, 5) is 25.9. The number of anilines is 1. The SMILES string of the molecule is Cc1cc(N2CCN(C(=O)/C=C/c3cc4ccccc4o3)CC2)nc(C(C)C)n1. The smallest absolute Gasteiger partial charge is 0.246 e. The maximum Gasteiger partial charge on any atom is 0.246 e. The monoisotopic (exact) mass is 390 g/mol. The first-order chi connectivity index (χ1) is 14.0. The molecule has 3 aromatic rings. The van der Waals surface area contributed by atoms with Crippen molar-refractivity contribution in [3.05, 3.63) is 59.8 Å². The Balaban J connectivity index is 1.38. The Kier molecular flexibility index (Phi) is 5.34. The molecule has 1 aliphatic rings. The standard InChI is InChI=1S/C23H26N4O2/c1-16(2)23-24-17(3)14-21(25-23)26-10-12-27(13-11-26)22(28)9-8-19-15-18-6-4-5-7-20(18)29-19/h4-9,14-16H,10-13H2,1-3H3/b9-8+. The summed E-state index contributed by atoms with van der Waals surface area (Å²) in [6, 6.07) is 11.8. The molecule has 0 aliphatic carbocycles. The summed E-state index contributed by atoms with van der Waals surface area (Å²) in [6.07, 6.45) is 3.34. The molecular formula is C23H26N4O2. The first-order valence-electron chi connectivity index (χ1n) is 10.1. The molecule has 29 heavy (non-hydrogen) atoms. The fourth-order valence-electron chi connectivity index (χ4n) is 3.49. The van der Waals surface area contributed by atoms with E-state index in [9.17, 15) is 4.79 Å². The topological polar surface area (TPSA) is 62.5 Å². The number of hydrogen-bond donors (Lipinski definition) is 0. The van der Waals surface area contributed by atoms with Crippen molar-refractivity contribution in [3.63, 3.8) is 0 Å². The number of fused-ring (bicyclic) bond motifs is 1. The maximum absolute atomic E-state index is 12.6. The van der Waals surface area contributed by atoms with Crippen molar-refractivity contribution < 1.29 is 9.21 Å². The average Bonchev–Trinajstić information content (AvgIpc) is 3.14. The number of aromatic nitrogens is 2. The molecule has 1 amide bonds. The van der Waals surface area contributed by atoms with E-state index in [0.29, 0.717) is 24.8 Å². The van der Waals surface area contributed by atoms with Crippen molar-refractivity contribution in [2.75, 3.05) is 31.1 Å². The molecule has 1 saturated heterocycles. The van der Waals surface area contributed by atoms with E-state index in [2.05, 4.69) is 23.7 Å². The molecule has 1 fully saturated rings. The summed E-state index contributed by atoms with van der Waals surface area (Å²) in [5.74, 6) is 2.81. The molecule has 0 saturated carbocycles. The van der Waals surface area contributed by atoms with E-state index in [1.165, 1.54) is 0 Å². The zero-order valence-electron chi connectivity index (χ0n) is 17.1. The van der Waals surface area contributed by atoms with Gasteiger partial charge in [0, 0.05) is 55.3 Å². The van der Waals surface area contributed by atoms with Crippen molar-refractivity contribution in [3.8, 4) is 0 Å². The number of carbonyl (C=O) groups excluding carboxylic acids is 1. The summed E-state index contributed by atoms with van der Waals surface area (Å²) in [5, 5.41) is 1.04. The summed E-state index contributed by atoms with van der Waals surface area (Å²) >= 11 is 0. The molecule has 3 heterocycles. The van der Waals surface area contributed by atoms with Gasteiger partial charge in [0.25, 0.3) is 0 Å². The van der Waals surface area contributed by atoms with Crippen LogP contribution in [0.25, 0.3) is 17.0 Å². The van der Waals surface area contributed by atoms with Gasteiger partial charge in [-0.05, 0) is 25.1 Å². The lowest BCUT2D eigenvalue weighted by Crippen LogP contribution is -2.48. The van der Waals surface area contributed by atoms with Gasteiger partial charge >= 0.3 is 0 Å². The highest BCUT2D eigenvalue weighted by molar-refractivity contribution is 5.92. The van der Waals surface area contributed by atoms with Crippen LogP contribution in [0.2, 0.25) is 0 Å². The predicted molar refractivity (Wildman–Crippen MR) is 115 cm³/mol. The second kappa shape index (κ2) is 8.07.